The number of phenols is 1. The van der Waals surface area contributed by atoms with Crippen LogP contribution >= 0.6 is 0 Å². The summed E-state index contributed by atoms with van der Waals surface area (Å²) in [7, 11) is 0. The third kappa shape index (κ3) is 2.78. The van der Waals surface area contributed by atoms with Gasteiger partial charge in [0.1, 0.15) is 11.3 Å². The summed E-state index contributed by atoms with van der Waals surface area (Å²) in [6.07, 6.45) is 0.0577. The van der Waals surface area contributed by atoms with Crippen LogP contribution in [0.25, 0.3) is 0 Å². The summed E-state index contributed by atoms with van der Waals surface area (Å²) >= 11 is 0. The predicted octanol–water partition coefficient (Wildman–Crippen LogP) is 0.0545. The summed E-state index contributed by atoms with van der Waals surface area (Å²) in [5.41, 5.74) is -0.191. The van der Waals surface area contributed by atoms with E-state index in [1.807, 2.05) is 4.90 Å². The molecular formula is C15H16N2O6. The first-order chi connectivity index (χ1) is 11.0. The summed E-state index contributed by atoms with van der Waals surface area (Å²) in [4.78, 5) is 38.8. The van der Waals surface area contributed by atoms with E-state index in [4.69, 9.17) is 9.84 Å². The lowest BCUT2D eigenvalue weighted by Gasteiger charge is -2.30. The van der Waals surface area contributed by atoms with Crippen molar-refractivity contribution in [3.05, 3.63) is 23.8 Å². The molecule has 8 heteroatoms. The number of rotatable bonds is 3. The van der Waals surface area contributed by atoms with Crippen LogP contribution in [0.3, 0.4) is 0 Å². The molecule has 2 amide bonds. The van der Waals surface area contributed by atoms with Crippen LogP contribution in [-0.2, 0) is 14.3 Å². The van der Waals surface area contributed by atoms with E-state index >= 15 is 0 Å². The van der Waals surface area contributed by atoms with Gasteiger partial charge in [-0.2, -0.15) is 0 Å². The average molecular weight is 320 g/mol. The van der Waals surface area contributed by atoms with Crippen LogP contribution in [-0.4, -0.2) is 65.2 Å². The van der Waals surface area contributed by atoms with Crippen LogP contribution in [0.2, 0.25) is 0 Å². The Kier molecular flexibility index (Phi) is 4.01. The number of carboxylic acid groups (broad SMARTS) is 1. The van der Waals surface area contributed by atoms with Gasteiger partial charge in [0.05, 0.1) is 31.4 Å². The third-order valence-corrected chi connectivity index (χ3v) is 4.08. The second-order valence-electron chi connectivity index (χ2n) is 5.44. The Morgan fingerprint density at radius 3 is 2.57 bits per heavy atom. The van der Waals surface area contributed by atoms with Gasteiger partial charge in [-0.3, -0.25) is 14.5 Å². The normalized spacial score (nSPS) is 22.6. The molecule has 0 bridgehead atoms. The lowest BCUT2D eigenvalue weighted by Crippen LogP contribution is -2.47. The van der Waals surface area contributed by atoms with E-state index in [0.717, 1.165) is 11.0 Å². The summed E-state index contributed by atoms with van der Waals surface area (Å²) in [6, 6.07) is 3.11. The molecule has 0 saturated carbocycles. The molecule has 2 aliphatic heterocycles. The standard InChI is InChI=1S/C15H16N2O6/c18-12-2-1-9(7-10(12)15(21)22)17-13(19)8-11(14(17)20)16-3-5-23-6-4-16/h1-2,7,11,18H,3-6,8H2,(H,21,22). The molecule has 23 heavy (non-hydrogen) atoms. The van der Waals surface area contributed by atoms with E-state index in [1.165, 1.54) is 12.1 Å². The van der Waals surface area contributed by atoms with E-state index in [0.29, 0.717) is 26.3 Å². The van der Waals surface area contributed by atoms with Crippen molar-refractivity contribution in [2.75, 3.05) is 31.2 Å². The molecule has 2 heterocycles. The monoisotopic (exact) mass is 320 g/mol. The van der Waals surface area contributed by atoms with Crippen LogP contribution in [0.5, 0.6) is 5.75 Å². The number of aromatic carboxylic acids is 1. The number of imide groups is 1. The van der Waals surface area contributed by atoms with E-state index in [-0.39, 0.29) is 29.5 Å². The van der Waals surface area contributed by atoms with Gasteiger partial charge in [0, 0.05) is 13.1 Å². The van der Waals surface area contributed by atoms with Gasteiger partial charge in [0.2, 0.25) is 5.91 Å². The summed E-state index contributed by atoms with van der Waals surface area (Å²) in [6.45, 7) is 2.18. The third-order valence-electron chi connectivity index (χ3n) is 4.08. The average Bonchev–Trinajstić information content (AvgIpc) is 2.83. The topological polar surface area (TPSA) is 107 Å². The molecule has 0 spiro atoms. The Balaban J connectivity index is 1.88. The van der Waals surface area contributed by atoms with E-state index in [2.05, 4.69) is 0 Å². The quantitative estimate of drug-likeness (QED) is 0.758. The number of ether oxygens (including phenoxy) is 1. The molecule has 0 aromatic heterocycles. The molecule has 0 aliphatic carbocycles. The second-order valence-corrected chi connectivity index (χ2v) is 5.44. The number of hydrogen-bond acceptors (Lipinski definition) is 6. The summed E-state index contributed by atoms with van der Waals surface area (Å²) in [5, 5.41) is 18.6. The number of morpholine rings is 1. The summed E-state index contributed by atoms with van der Waals surface area (Å²) in [5.74, 6) is -2.49. The lowest BCUT2D eigenvalue weighted by atomic mass is 10.1. The van der Waals surface area contributed by atoms with Crippen LogP contribution in [0, 0.1) is 0 Å². The van der Waals surface area contributed by atoms with Gasteiger partial charge in [-0.25, -0.2) is 9.69 Å². The number of hydrogen-bond donors (Lipinski definition) is 2. The second kappa shape index (κ2) is 5.98. The van der Waals surface area contributed by atoms with Crippen molar-refractivity contribution >= 4 is 23.5 Å². The molecule has 2 fully saturated rings. The largest absolute Gasteiger partial charge is 0.507 e. The van der Waals surface area contributed by atoms with E-state index < -0.39 is 17.8 Å². The number of anilines is 1. The van der Waals surface area contributed by atoms with Gasteiger partial charge >= 0.3 is 5.97 Å². The highest BCUT2D eigenvalue weighted by Gasteiger charge is 2.43. The van der Waals surface area contributed by atoms with Crippen LogP contribution in [0.1, 0.15) is 16.8 Å². The van der Waals surface area contributed by atoms with Crippen molar-refractivity contribution in [2.45, 2.75) is 12.5 Å². The molecule has 2 saturated heterocycles. The molecule has 8 nitrogen and oxygen atoms in total. The van der Waals surface area contributed by atoms with Crippen molar-refractivity contribution in [1.82, 2.24) is 4.90 Å². The smallest absolute Gasteiger partial charge is 0.339 e. The van der Waals surface area contributed by atoms with E-state index in [9.17, 15) is 19.5 Å². The zero-order chi connectivity index (χ0) is 16.6. The Hall–Kier alpha value is -2.45. The van der Waals surface area contributed by atoms with Crippen molar-refractivity contribution in [3.63, 3.8) is 0 Å². The first-order valence-corrected chi connectivity index (χ1v) is 7.24. The maximum absolute atomic E-state index is 12.6. The van der Waals surface area contributed by atoms with Crippen molar-refractivity contribution in [2.24, 2.45) is 0 Å². The molecule has 122 valence electrons. The highest BCUT2D eigenvalue weighted by Crippen LogP contribution is 2.29. The number of carbonyl (C=O) groups is 3. The molecule has 1 aromatic rings. The Labute approximate surface area is 131 Å². The molecule has 0 radical (unpaired) electrons. The number of amides is 2. The minimum Gasteiger partial charge on any atom is -0.507 e. The first-order valence-electron chi connectivity index (χ1n) is 7.24. The van der Waals surface area contributed by atoms with Crippen molar-refractivity contribution < 1.29 is 29.3 Å². The van der Waals surface area contributed by atoms with Gasteiger partial charge < -0.3 is 14.9 Å². The zero-order valence-corrected chi connectivity index (χ0v) is 12.3. The van der Waals surface area contributed by atoms with Crippen LogP contribution in [0.15, 0.2) is 18.2 Å². The van der Waals surface area contributed by atoms with Gasteiger partial charge in [-0.15, -0.1) is 0 Å². The maximum atomic E-state index is 12.6. The highest BCUT2D eigenvalue weighted by molar-refractivity contribution is 6.22. The van der Waals surface area contributed by atoms with Gasteiger partial charge in [-0.05, 0) is 18.2 Å². The predicted molar refractivity (Wildman–Crippen MR) is 78.4 cm³/mol. The fraction of sp³-hybridized carbons (Fsp3) is 0.400. The zero-order valence-electron chi connectivity index (χ0n) is 12.3. The number of carbonyl (C=O) groups excluding carboxylic acids is 2. The SMILES string of the molecule is O=C(O)c1cc(N2C(=O)CC(N3CCOCC3)C2=O)ccc1O. The van der Waals surface area contributed by atoms with Crippen LogP contribution < -0.4 is 4.90 Å². The fourth-order valence-corrected chi connectivity index (χ4v) is 2.90. The summed E-state index contributed by atoms with van der Waals surface area (Å²) < 4.78 is 5.24. The van der Waals surface area contributed by atoms with Crippen molar-refractivity contribution in [3.8, 4) is 5.75 Å². The molecule has 3 rings (SSSR count). The highest BCUT2D eigenvalue weighted by atomic mass is 16.5. The minimum atomic E-state index is -1.33. The minimum absolute atomic E-state index is 0.0577. The number of benzene rings is 1. The molecule has 2 N–H and O–H groups in total. The van der Waals surface area contributed by atoms with Gasteiger partial charge in [0.25, 0.3) is 5.91 Å². The fourth-order valence-electron chi connectivity index (χ4n) is 2.90. The number of aromatic hydroxyl groups is 1. The Morgan fingerprint density at radius 1 is 1.22 bits per heavy atom. The van der Waals surface area contributed by atoms with E-state index in [1.54, 1.807) is 0 Å². The van der Waals surface area contributed by atoms with Crippen molar-refractivity contribution in [1.29, 1.82) is 0 Å². The number of carboxylic acids is 1. The maximum Gasteiger partial charge on any atom is 0.339 e. The van der Waals surface area contributed by atoms with Gasteiger partial charge in [0.15, 0.2) is 0 Å². The molecule has 1 atom stereocenters. The Bertz CT molecular complexity index is 668. The van der Waals surface area contributed by atoms with Gasteiger partial charge in [-0.1, -0.05) is 0 Å². The molecular weight excluding hydrogens is 304 g/mol. The first kappa shape index (κ1) is 15.4. The molecule has 1 aromatic carbocycles. The Morgan fingerprint density at radius 2 is 1.91 bits per heavy atom. The lowest BCUT2D eigenvalue weighted by molar-refractivity contribution is -0.123. The van der Waals surface area contributed by atoms with Crippen LogP contribution in [0.4, 0.5) is 5.69 Å². The molecule has 2 aliphatic rings. The molecule has 1 unspecified atom stereocenters. The number of nitrogens with zero attached hydrogens (tertiary/aromatic N) is 2.